The van der Waals surface area contributed by atoms with Crippen molar-refractivity contribution >= 4 is 33.2 Å². The van der Waals surface area contributed by atoms with Crippen LogP contribution in [-0.4, -0.2) is 31.7 Å². The lowest BCUT2D eigenvalue weighted by molar-refractivity contribution is -0.139. The predicted molar refractivity (Wildman–Crippen MR) is 79.6 cm³/mol. The highest BCUT2D eigenvalue weighted by Crippen LogP contribution is 2.04. The minimum atomic E-state index is -3.70. The molecule has 110 valence electrons. The van der Waals surface area contributed by atoms with Gasteiger partial charge in [0, 0.05) is 12.1 Å². The highest BCUT2D eigenvalue weighted by atomic mass is 32.2. The van der Waals surface area contributed by atoms with Gasteiger partial charge in [-0.3, -0.25) is 4.79 Å². The summed E-state index contributed by atoms with van der Waals surface area (Å²) in [7, 11) is -3.70. The zero-order chi connectivity index (χ0) is 15.2. The van der Waals surface area contributed by atoms with Gasteiger partial charge in [0.2, 0.25) is 10.0 Å². The van der Waals surface area contributed by atoms with Gasteiger partial charge in [-0.05, 0) is 12.5 Å². The maximum absolute atomic E-state index is 11.6. The second kappa shape index (κ2) is 7.32. The van der Waals surface area contributed by atoms with Crippen molar-refractivity contribution in [3.8, 4) is 0 Å². The molecule has 0 saturated heterocycles. The van der Waals surface area contributed by atoms with Gasteiger partial charge >= 0.3 is 5.97 Å². The van der Waals surface area contributed by atoms with E-state index < -0.39 is 21.7 Å². The van der Waals surface area contributed by atoms with Gasteiger partial charge in [-0.25, -0.2) is 13.1 Å². The van der Waals surface area contributed by atoms with Crippen LogP contribution in [0.2, 0.25) is 0 Å². The molecule has 0 atom stereocenters. The molecule has 20 heavy (non-hydrogen) atoms. The molecule has 8 heteroatoms. The van der Waals surface area contributed by atoms with Crippen molar-refractivity contribution in [3.05, 3.63) is 35.4 Å². The summed E-state index contributed by atoms with van der Waals surface area (Å²) in [5, 5.41) is 0. The van der Waals surface area contributed by atoms with Gasteiger partial charge in [-0.15, -0.1) is 0 Å². The topological polar surface area (TPSA) is 98.5 Å². The van der Waals surface area contributed by atoms with Crippen LogP contribution in [0.25, 0.3) is 0 Å². The number of nitrogens with two attached hydrogens (primary N) is 1. The number of benzene rings is 1. The monoisotopic (exact) mass is 316 g/mol. The van der Waals surface area contributed by atoms with E-state index in [9.17, 15) is 13.2 Å². The SMILES string of the molecule is CCOC(=O)CS(=O)(=O)NCc1ccc(C(N)=S)cc1. The van der Waals surface area contributed by atoms with Crippen LogP contribution in [0.15, 0.2) is 24.3 Å². The van der Waals surface area contributed by atoms with E-state index in [2.05, 4.69) is 9.46 Å². The number of hydrogen-bond acceptors (Lipinski definition) is 5. The van der Waals surface area contributed by atoms with Crippen LogP contribution in [0, 0.1) is 0 Å². The molecule has 0 fully saturated rings. The third-order valence-corrected chi connectivity index (χ3v) is 3.78. The maximum atomic E-state index is 11.6. The Morgan fingerprint density at radius 2 is 1.95 bits per heavy atom. The predicted octanol–water partition coefficient (Wildman–Crippen LogP) is 0.303. The Hall–Kier alpha value is -1.51. The summed E-state index contributed by atoms with van der Waals surface area (Å²) in [5.74, 6) is -1.46. The van der Waals surface area contributed by atoms with Crippen molar-refractivity contribution in [2.75, 3.05) is 12.4 Å². The van der Waals surface area contributed by atoms with Gasteiger partial charge < -0.3 is 10.5 Å². The third kappa shape index (κ3) is 5.64. The lowest BCUT2D eigenvalue weighted by atomic mass is 10.1. The van der Waals surface area contributed by atoms with Crippen molar-refractivity contribution in [2.24, 2.45) is 5.73 Å². The van der Waals surface area contributed by atoms with E-state index in [1.165, 1.54) is 0 Å². The van der Waals surface area contributed by atoms with Gasteiger partial charge in [0.1, 0.15) is 4.99 Å². The standard InChI is InChI=1S/C12H16N2O4S2/c1-2-18-11(15)8-20(16,17)14-7-9-3-5-10(6-4-9)12(13)19/h3-6,14H,2,7-8H2,1H3,(H2,13,19). The second-order valence-electron chi connectivity index (χ2n) is 3.95. The van der Waals surface area contributed by atoms with E-state index in [0.29, 0.717) is 5.56 Å². The molecule has 0 aliphatic carbocycles. The minimum absolute atomic E-state index is 0.0827. The number of esters is 1. The zero-order valence-electron chi connectivity index (χ0n) is 11.0. The van der Waals surface area contributed by atoms with Gasteiger partial charge in [0.05, 0.1) is 6.61 Å². The number of sulfonamides is 1. The largest absolute Gasteiger partial charge is 0.465 e. The van der Waals surface area contributed by atoms with Crippen LogP contribution in [0.3, 0.4) is 0 Å². The van der Waals surface area contributed by atoms with Crippen LogP contribution in [-0.2, 0) is 26.1 Å². The first kappa shape index (κ1) is 16.5. The van der Waals surface area contributed by atoms with Gasteiger partial charge in [-0.1, -0.05) is 36.5 Å². The molecule has 3 N–H and O–H groups in total. The molecule has 0 heterocycles. The lowest BCUT2D eigenvalue weighted by Crippen LogP contribution is -2.30. The number of rotatable bonds is 7. The highest BCUT2D eigenvalue weighted by molar-refractivity contribution is 7.90. The smallest absolute Gasteiger partial charge is 0.322 e. The maximum Gasteiger partial charge on any atom is 0.322 e. The summed E-state index contributed by atoms with van der Waals surface area (Å²) >= 11 is 4.82. The molecule has 1 aromatic carbocycles. The third-order valence-electron chi connectivity index (χ3n) is 2.35. The van der Waals surface area contributed by atoms with Crippen molar-refractivity contribution in [1.82, 2.24) is 4.72 Å². The summed E-state index contributed by atoms with van der Waals surface area (Å²) in [6, 6.07) is 6.83. The number of carbonyl (C=O) groups excluding carboxylic acids is 1. The molecule has 1 aromatic rings. The summed E-state index contributed by atoms with van der Waals surface area (Å²) in [6.07, 6.45) is 0. The van der Waals surface area contributed by atoms with Crippen molar-refractivity contribution < 1.29 is 17.9 Å². The first-order chi connectivity index (χ1) is 9.34. The van der Waals surface area contributed by atoms with E-state index >= 15 is 0 Å². The van der Waals surface area contributed by atoms with Gasteiger partial charge in [0.25, 0.3) is 0 Å². The van der Waals surface area contributed by atoms with E-state index in [1.807, 2.05) is 0 Å². The second-order valence-corrected chi connectivity index (χ2v) is 6.19. The molecule has 0 aromatic heterocycles. The van der Waals surface area contributed by atoms with Crippen molar-refractivity contribution in [3.63, 3.8) is 0 Å². The summed E-state index contributed by atoms with van der Waals surface area (Å²) < 4.78 is 30.1. The van der Waals surface area contributed by atoms with Crippen LogP contribution in [0.4, 0.5) is 0 Å². The number of nitrogens with one attached hydrogen (secondary N) is 1. The molecule has 0 unspecified atom stereocenters. The van der Waals surface area contributed by atoms with E-state index in [0.717, 1.165) is 5.56 Å². The van der Waals surface area contributed by atoms with Crippen molar-refractivity contribution in [1.29, 1.82) is 0 Å². The lowest BCUT2D eigenvalue weighted by Gasteiger charge is -2.07. The molecule has 0 amide bonds. The number of ether oxygens (including phenoxy) is 1. The molecule has 0 radical (unpaired) electrons. The molecule has 0 aliphatic heterocycles. The number of carbonyl (C=O) groups is 1. The number of hydrogen-bond donors (Lipinski definition) is 2. The average molecular weight is 316 g/mol. The fourth-order valence-electron chi connectivity index (χ4n) is 1.39. The summed E-state index contributed by atoms with van der Waals surface area (Å²) in [4.78, 5) is 11.4. The molecule has 0 aliphatic rings. The van der Waals surface area contributed by atoms with Gasteiger partial charge in [0.15, 0.2) is 5.75 Å². The Balaban J connectivity index is 2.57. The van der Waals surface area contributed by atoms with E-state index in [-0.39, 0.29) is 18.1 Å². The highest BCUT2D eigenvalue weighted by Gasteiger charge is 2.16. The Morgan fingerprint density at radius 1 is 1.35 bits per heavy atom. The van der Waals surface area contributed by atoms with E-state index in [4.69, 9.17) is 18.0 Å². The van der Waals surface area contributed by atoms with E-state index in [1.54, 1.807) is 31.2 Å². The molecule has 1 rings (SSSR count). The molecule has 0 saturated carbocycles. The van der Waals surface area contributed by atoms with Crippen LogP contribution >= 0.6 is 12.2 Å². The quantitative estimate of drug-likeness (QED) is 0.555. The summed E-state index contributed by atoms with van der Waals surface area (Å²) in [5.41, 5.74) is 6.90. The molecular formula is C12H16N2O4S2. The Bertz CT molecular complexity index is 582. The van der Waals surface area contributed by atoms with Gasteiger partial charge in [-0.2, -0.15) is 0 Å². The first-order valence-corrected chi connectivity index (χ1v) is 7.92. The Kier molecular flexibility index (Phi) is 6.05. The Morgan fingerprint density at radius 3 is 2.45 bits per heavy atom. The molecule has 6 nitrogen and oxygen atoms in total. The molecule has 0 spiro atoms. The first-order valence-electron chi connectivity index (χ1n) is 5.85. The average Bonchev–Trinajstić information content (AvgIpc) is 2.36. The molecular weight excluding hydrogens is 300 g/mol. The fourth-order valence-corrected chi connectivity index (χ4v) is 2.41. The van der Waals surface area contributed by atoms with Crippen LogP contribution in [0.5, 0.6) is 0 Å². The molecule has 0 bridgehead atoms. The fraction of sp³-hybridized carbons (Fsp3) is 0.333. The minimum Gasteiger partial charge on any atom is -0.465 e. The number of thiocarbonyl (C=S) groups is 1. The van der Waals surface area contributed by atoms with Crippen molar-refractivity contribution in [2.45, 2.75) is 13.5 Å². The zero-order valence-corrected chi connectivity index (χ0v) is 12.6. The Labute approximate surface area is 123 Å². The summed E-state index contributed by atoms with van der Waals surface area (Å²) in [6.45, 7) is 1.84. The van der Waals surface area contributed by atoms with Crippen LogP contribution in [0.1, 0.15) is 18.1 Å². The van der Waals surface area contributed by atoms with Crippen LogP contribution < -0.4 is 10.5 Å². The normalized spacial score (nSPS) is 11.1.